The van der Waals surface area contributed by atoms with Crippen LogP contribution in [0.15, 0.2) is 35.7 Å². The summed E-state index contributed by atoms with van der Waals surface area (Å²) in [6.07, 6.45) is 0. The van der Waals surface area contributed by atoms with E-state index in [1.807, 2.05) is 42.6 Å². The number of amides is 1. The maximum Gasteiger partial charge on any atom is 0.263 e. The molecular formula is C15H16ClNO2S. The van der Waals surface area contributed by atoms with Crippen molar-refractivity contribution in [1.29, 1.82) is 0 Å². The van der Waals surface area contributed by atoms with Crippen LogP contribution in [0.5, 0.6) is 0 Å². The SMILES string of the molecule is Cc1csc(C(=O)NC(C)(CO)c2ccccc2)c1Cl. The number of hydrogen-bond acceptors (Lipinski definition) is 3. The van der Waals surface area contributed by atoms with Crippen LogP contribution in [0.4, 0.5) is 0 Å². The molecule has 2 aromatic rings. The van der Waals surface area contributed by atoms with Crippen molar-refractivity contribution in [2.24, 2.45) is 0 Å². The van der Waals surface area contributed by atoms with E-state index in [0.717, 1.165) is 11.1 Å². The molecule has 1 heterocycles. The van der Waals surface area contributed by atoms with Gasteiger partial charge in [0.2, 0.25) is 0 Å². The number of carbonyl (C=O) groups is 1. The number of hydrogen-bond donors (Lipinski definition) is 2. The quantitative estimate of drug-likeness (QED) is 0.910. The van der Waals surface area contributed by atoms with Crippen LogP contribution in [0, 0.1) is 6.92 Å². The number of aryl methyl sites for hydroxylation is 1. The molecule has 0 spiro atoms. The van der Waals surface area contributed by atoms with Gasteiger partial charge in [0.15, 0.2) is 0 Å². The van der Waals surface area contributed by atoms with Crippen LogP contribution in [-0.4, -0.2) is 17.6 Å². The van der Waals surface area contributed by atoms with Gasteiger partial charge in [-0.25, -0.2) is 0 Å². The van der Waals surface area contributed by atoms with Gasteiger partial charge < -0.3 is 10.4 Å². The molecule has 1 aromatic carbocycles. The van der Waals surface area contributed by atoms with Crippen molar-refractivity contribution in [1.82, 2.24) is 5.32 Å². The van der Waals surface area contributed by atoms with Gasteiger partial charge in [-0.15, -0.1) is 11.3 Å². The molecule has 0 saturated carbocycles. The van der Waals surface area contributed by atoms with E-state index >= 15 is 0 Å². The van der Waals surface area contributed by atoms with Crippen molar-refractivity contribution in [3.8, 4) is 0 Å². The number of benzene rings is 1. The highest BCUT2D eigenvalue weighted by atomic mass is 35.5. The smallest absolute Gasteiger partial charge is 0.263 e. The van der Waals surface area contributed by atoms with E-state index in [1.165, 1.54) is 11.3 Å². The Morgan fingerprint density at radius 3 is 2.55 bits per heavy atom. The van der Waals surface area contributed by atoms with Gasteiger partial charge >= 0.3 is 0 Å². The molecule has 2 N–H and O–H groups in total. The lowest BCUT2D eigenvalue weighted by atomic mass is 9.93. The fraction of sp³-hybridized carbons (Fsp3) is 0.267. The third-order valence-electron chi connectivity index (χ3n) is 3.22. The highest BCUT2D eigenvalue weighted by molar-refractivity contribution is 7.13. The van der Waals surface area contributed by atoms with E-state index in [-0.39, 0.29) is 12.5 Å². The third-order valence-corrected chi connectivity index (χ3v) is 4.92. The average Bonchev–Trinajstić information content (AvgIpc) is 2.80. The molecule has 0 saturated heterocycles. The zero-order chi connectivity index (χ0) is 14.8. The lowest BCUT2D eigenvalue weighted by Crippen LogP contribution is -2.46. The van der Waals surface area contributed by atoms with E-state index in [4.69, 9.17) is 11.6 Å². The molecule has 106 valence electrons. The average molecular weight is 310 g/mol. The summed E-state index contributed by atoms with van der Waals surface area (Å²) in [4.78, 5) is 12.8. The molecule has 1 amide bonds. The summed E-state index contributed by atoms with van der Waals surface area (Å²) < 4.78 is 0. The minimum absolute atomic E-state index is 0.190. The number of rotatable bonds is 4. The fourth-order valence-electron chi connectivity index (χ4n) is 1.90. The standard InChI is InChI=1S/C15H16ClNO2S/c1-10-8-20-13(12(10)16)14(19)17-15(2,9-18)11-6-4-3-5-7-11/h3-8,18H,9H2,1-2H3,(H,17,19). The Morgan fingerprint density at radius 2 is 2.05 bits per heavy atom. The van der Waals surface area contributed by atoms with Gasteiger partial charge in [0.25, 0.3) is 5.91 Å². The summed E-state index contributed by atoms with van der Waals surface area (Å²) in [5.41, 5.74) is 0.895. The molecule has 5 heteroatoms. The first-order chi connectivity index (χ1) is 9.48. The second kappa shape index (κ2) is 5.95. The number of thiophene rings is 1. The van der Waals surface area contributed by atoms with Crippen LogP contribution in [-0.2, 0) is 5.54 Å². The Bertz CT molecular complexity index is 612. The van der Waals surface area contributed by atoms with Gasteiger partial charge in [-0.05, 0) is 30.4 Å². The fourth-order valence-corrected chi connectivity index (χ4v) is 3.07. The molecule has 1 unspecified atom stereocenters. The van der Waals surface area contributed by atoms with E-state index in [9.17, 15) is 9.90 Å². The number of aliphatic hydroxyl groups excluding tert-OH is 1. The van der Waals surface area contributed by atoms with Gasteiger partial charge in [-0.2, -0.15) is 0 Å². The minimum Gasteiger partial charge on any atom is -0.394 e. The summed E-state index contributed by atoms with van der Waals surface area (Å²) in [5.74, 6) is -0.270. The van der Waals surface area contributed by atoms with Crippen molar-refractivity contribution >= 4 is 28.8 Å². The Morgan fingerprint density at radius 1 is 1.40 bits per heavy atom. The van der Waals surface area contributed by atoms with E-state index in [1.54, 1.807) is 6.92 Å². The molecule has 0 radical (unpaired) electrons. The van der Waals surface area contributed by atoms with Gasteiger partial charge in [0, 0.05) is 0 Å². The Labute approximate surface area is 127 Å². The zero-order valence-corrected chi connectivity index (χ0v) is 12.9. The van der Waals surface area contributed by atoms with Gasteiger partial charge in [-0.1, -0.05) is 41.9 Å². The minimum atomic E-state index is -0.834. The molecule has 0 aliphatic carbocycles. The van der Waals surface area contributed by atoms with Crippen molar-refractivity contribution in [2.75, 3.05) is 6.61 Å². The lowest BCUT2D eigenvalue weighted by Gasteiger charge is -2.29. The molecule has 0 aliphatic heterocycles. The first kappa shape index (κ1) is 15.0. The van der Waals surface area contributed by atoms with E-state index in [0.29, 0.717) is 9.90 Å². The lowest BCUT2D eigenvalue weighted by molar-refractivity contribution is 0.0854. The van der Waals surface area contributed by atoms with E-state index < -0.39 is 5.54 Å². The van der Waals surface area contributed by atoms with Crippen LogP contribution < -0.4 is 5.32 Å². The van der Waals surface area contributed by atoms with Crippen molar-refractivity contribution < 1.29 is 9.90 Å². The van der Waals surface area contributed by atoms with Gasteiger partial charge in [0.05, 0.1) is 17.2 Å². The Balaban J connectivity index is 2.27. The van der Waals surface area contributed by atoms with Crippen molar-refractivity contribution in [2.45, 2.75) is 19.4 Å². The highest BCUT2D eigenvalue weighted by Crippen LogP contribution is 2.28. The number of nitrogens with one attached hydrogen (secondary N) is 1. The molecule has 3 nitrogen and oxygen atoms in total. The van der Waals surface area contributed by atoms with Crippen LogP contribution in [0.3, 0.4) is 0 Å². The molecule has 0 aliphatic rings. The van der Waals surface area contributed by atoms with Crippen molar-refractivity contribution in [3.05, 3.63) is 56.7 Å². The highest BCUT2D eigenvalue weighted by Gasteiger charge is 2.29. The summed E-state index contributed by atoms with van der Waals surface area (Å²) >= 11 is 7.41. The summed E-state index contributed by atoms with van der Waals surface area (Å²) in [6, 6.07) is 9.38. The first-order valence-electron chi connectivity index (χ1n) is 6.20. The number of aliphatic hydroxyl groups is 1. The molecule has 2 rings (SSSR count). The normalized spacial score (nSPS) is 13.8. The predicted octanol–water partition coefficient (Wildman–Crippen LogP) is 3.35. The molecule has 0 bridgehead atoms. The second-order valence-corrected chi connectivity index (χ2v) is 6.13. The zero-order valence-electron chi connectivity index (χ0n) is 11.3. The largest absolute Gasteiger partial charge is 0.394 e. The summed E-state index contributed by atoms with van der Waals surface area (Å²) in [7, 11) is 0. The maximum atomic E-state index is 12.3. The molecular weight excluding hydrogens is 294 g/mol. The third kappa shape index (κ3) is 2.87. The van der Waals surface area contributed by atoms with Crippen LogP contribution in [0.1, 0.15) is 27.7 Å². The second-order valence-electron chi connectivity index (χ2n) is 4.87. The van der Waals surface area contributed by atoms with Gasteiger partial charge in [-0.3, -0.25) is 4.79 Å². The first-order valence-corrected chi connectivity index (χ1v) is 7.46. The molecule has 0 fully saturated rings. The summed E-state index contributed by atoms with van der Waals surface area (Å²) in [5, 5.41) is 14.8. The maximum absolute atomic E-state index is 12.3. The van der Waals surface area contributed by atoms with Crippen LogP contribution in [0.2, 0.25) is 5.02 Å². The van der Waals surface area contributed by atoms with E-state index in [2.05, 4.69) is 5.32 Å². The van der Waals surface area contributed by atoms with Crippen molar-refractivity contribution in [3.63, 3.8) is 0 Å². The number of carbonyl (C=O) groups excluding carboxylic acids is 1. The molecule has 1 aromatic heterocycles. The molecule has 1 atom stereocenters. The Hall–Kier alpha value is -1.36. The molecule has 20 heavy (non-hydrogen) atoms. The summed E-state index contributed by atoms with van der Waals surface area (Å²) in [6.45, 7) is 3.46. The Kier molecular flexibility index (Phi) is 4.48. The van der Waals surface area contributed by atoms with Crippen LogP contribution >= 0.6 is 22.9 Å². The monoisotopic (exact) mass is 309 g/mol. The topological polar surface area (TPSA) is 49.3 Å². The van der Waals surface area contributed by atoms with Crippen LogP contribution in [0.25, 0.3) is 0 Å². The predicted molar refractivity (Wildman–Crippen MR) is 82.4 cm³/mol. The number of halogens is 1. The van der Waals surface area contributed by atoms with Gasteiger partial charge in [0.1, 0.15) is 4.88 Å².